The lowest BCUT2D eigenvalue weighted by atomic mass is 10.1. The predicted molar refractivity (Wildman–Crippen MR) is 78.7 cm³/mol. The van der Waals surface area contributed by atoms with Crippen molar-refractivity contribution in [3.8, 4) is 5.75 Å². The van der Waals surface area contributed by atoms with Crippen molar-refractivity contribution in [2.45, 2.75) is 51.7 Å². The third-order valence-electron chi connectivity index (χ3n) is 3.55. The Labute approximate surface area is 116 Å². The first-order chi connectivity index (χ1) is 9.19. The van der Waals surface area contributed by atoms with Crippen LogP contribution in [0.2, 0.25) is 0 Å². The Bertz CT molecular complexity index is 397. The van der Waals surface area contributed by atoms with E-state index in [-0.39, 0.29) is 12.1 Å². The maximum atomic E-state index is 6.03. The van der Waals surface area contributed by atoms with E-state index in [2.05, 4.69) is 29.8 Å². The Kier molecular flexibility index (Phi) is 5.02. The molecule has 0 spiro atoms. The minimum atomic E-state index is 0.241. The number of nitrogens with two attached hydrogens (primary N) is 1. The molecule has 2 rings (SSSR count). The summed E-state index contributed by atoms with van der Waals surface area (Å²) in [6.07, 6.45) is 8.40. The summed E-state index contributed by atoms with van der Waals surface area (Å²) < 4.78 is 5.89. The second-order valence-electron chi connectivity index (χ2n) is 5.44. The van der Waals surface area contributed by atoms with E-state index < -0.39 is 0 Å². The summed E-state index contributed by atoms with van der Waals surface area (Å²) in [7, 11) is 0. The van der Waals surface area contributed by atoms with E-state index >= 15 is 0 Å². The molecule has 4 heteroatoms. The van der Waals surface area contributed by atoms with Crippen molar-refractivity contribution in [1.82, 2.24) is 4.98 Å². The van der Waals surface area contributed by atoms with Gasteiger partial charge in [0.25, 0.3) is 0 Å². The molecule has 2 unspecified atom stereocenters. The number of nitrogens with zero attached hydrogens (tertiary/aromatic N) is 2. The summed E-state index contributed by atoms with van der Waals surface area (Å²) in [5.74, 6) is 0.859. The van der Waals surface area contributed by atoms with E-state index in [0.717, 1.165) is 50.2 Å². The highest BCUT2D eigenvalue weighted by Gasteiger charge is 2.17. The van der Waals surface area contributed by atoms with Gasteiger partial charge in [0.2, 0.25) is 0 Å². The first kappa shape index (κ1) is 14.1. The number of piperidine rings is 1. The van der Waals surface area contributed by atoms with E-state index in [9.17, 15) is 0 Å². The van der Waals surface area contributed by atoms with Crippen molar-refractivity contribution in [2.24, 2.45) is 5.73 Å². The number of pyridine rings is 1. The van der Waals surface area contributed by atoms with Crippen molar-refractivity contribution in [3.63, 3.8) is 0 Å². The standard InChI is InChI=1S/C15H25N3O/c1-3-5-12(2)19-15-8-14(9-17-10-15)18-7-4-6-13(16)11-18/h8-10,12-13H,3-7,11,16H2,1-2H3. The molecule has 19 heavy (non-hydrogen) atoms. The second-order valence-corrected chi connectivity index (χ2v) is 5.44. The van der Waals surface area contributed by atoms with Gasteiger partial charge in [-0.05, 0) is 26.2 Å². The zero-order chi connectivity index (χ0) is 13.7. The third kappa shape index (κ3) is 4.10. The Hall–Kier alpha value is -1.29. The van der Waals surface area contributed by atoms with Crippen LogP contribution in [0.1, 0.15) is 39.5 Å². The molecule has 2 N–H and O–H groups in total. The normalized spacial score (nSPS) is 21.2. The molecular weight excluding hydrogens is 238 g/mol. The minimum Gasteiger partial charge on any atom is -0.489 e. The van der Waals surface area contributed by atoms with Crippen molar-refractivity contribution in [3.05, 3.63) is 18.5 Å². The molecule has 0 aliphatic carbocycles. The van der Waals surface area contributed by atoms with Gasteiger partial charge in [0, 0.05) is 25.2 Å². The highest BCUT2D eigenvalue weighted by Crippen LogP contribution is 2.23. The first-order valence-corrected chi connectivity index (χ1v) is 7.31. The summed E-state index contributed by atoms with van der Waals surface area (Å²) in [6.45, 7) is 6.25. The average molecular weight is 263 g/mol. The fourth-order valence-corrected chi connectivity index (χ4v) is 2.59. The van der Waals surface area contributed by atoms with Crippen LogP contribution in [-0.2, 0) is 0 Å². The number of anilines is 1. The van der Waals surface area contributed by atoms with Crippen LogP contribution < -0.4 is 15.4 Å². The zero-order valence-corrected chi connectivity index (χ0v) is 12.0. The summed E-state index contributed by atoms with van der Waals surface area (Å²) in [5.41, 5.74) is 7.15. The van der Waals surface area contributed by atoms with Crippen LogP contribution in [0.5, 0.6) is 5.75 Å². The second kappa shape index (κ2) is 6.75. The van der Waals surface area contributed by atoms with Gasteiger partial charge in [0.1, 0.15) is 5.75 Å². The number of rotatable bonds is 5. The molecule has 1 fully saturated rings. The molecule has 1 aromatic rings. The van der Waals surface area contributed by atoms with Crippen LogP contribution in [0.4, 0.5) is 5.69 Å². The predicted octanol–water partition coefficient (Wildman–Crippen LogP) is 2.58. The van der Waals surface area contributed by atoms with Gasteiger partial charge >= 0.3 is 0 Å². The maximum absolute atomic E-state index is 6.03. The molecule has 1 aliphatic heterocycles. The van der Waals surface area contributed by atoms with Crippen LogP contribution in [-0.4, -0.2) is 30.2 Å². The van der Waals surface area contributed by atoms with E-state index in [1.54, 1.807) is 6.20 Å². The van der Waals surface area contributed by atoms with Crippen molar-refractivity contribution >= 4 is 5.69 Å². The number of ether oxygens (including phenoxy) is 1. The molecule has 0 radical (unpaired) electrons. The largest absolute Gasteiger partial charge is 0.489 e. The number of aromatic nitrogens is 1. The van der Waals surface area contributed by atoms with E-state index in [4.69, 9.17) is 10.5 Å². The molecule has 0 saturated carbocycles. The first-order valence-electron chi connectivity index (χ1n) is 7.31. The molecule has 106 valence electrons. The van der Waals surface area contributed by atoms with Crippen molar-refractivity contribution < 1.29 is 4.74 Å². The quantitative estimate of drug-likeness (QED) is 0.887. The maximum Gasteiger partial charge on any atom is 0.140 e. The Morgan fingerprint density at radius 1 is 1.53 bits per heavy atom. The highest BCUT2D eigenvalue weighted by atomic mass is 16.5. The third-order valence-corrected chi connectivity index (χ3v) is 3.55. The van der Waals surface area contributed by atoms with Crippen LogP contribution in [0.15, 0.2) is 18.5 Å². The summed E-state index contributed by atoms with van der Waals surface area (Å²) in [6, 6.07) is 2.36. The lowest BCUT2D eigenvalue weighted by molar-refractivity contribution is 0.209. The van der Waals surface area contributed by atoms with Gasteiger partial charge in [-0.2, -0.15) is 0 Å². The minimum absolute atomic E-state index is 0.241. The molecule has 2 heterocycles. The smallest absolute Gasteiger partial charge is 0.140 e. The molecule has 1 aromatic heterocycles. The molecule has 1 saturated heterocycles. The average Bonchev–Trinajstić information content (AvgIpc) is 2.39. The Balaban J connectivity index is 2.02. The summed E-state index contributed by atoms with van der Waals surface area (Å²) in [4.78, 5) is 6.59. The number of hydrogen-bond donors (Lipinski definition) is 1. The van der Waals surface area contributed by atoms with Gasteiger partial charge in [-0.25, -0.2) is 0 Å². The monoisotopic (exact) mass is 263 g/mol. The van der Waals surface area contributed by atoms with Gasteiger partial charge in [-0.3, -0.25) is 4.98 Å². The van der Waals surface area contributed by atoms with E-state index in [0.29, 0.717) is 0 Å². The van der Waals surface area contributed by atoms with Gasteiger partial charge in [-0.1, -0.05) is 13.3 Å². The van der Waals surface area contributed by atoms with E-state index in [1.165, 1.54) is 0 Å². The SMILES string of the molecule is CCCC(C)Oc1cncc(N2CCCC(N)C2)c1. The summed E-state index contributed by atoms with van der Waals surface area (Å²) >= 11 is 0. The molecule has 1 aliphatic rings. The van der Waals surface area contributed by atoms with Crippen molar-refractivity contribution in [2.75, 3.05) is 18.0 Å². The van der Waals surface area contributed by atoms with Crippen LogP contribution in [0, 0.1) is 0 Å². The molecular formula is C15H25N3O. The Morgan fingerprint density at radius 3 is 3.11 bits per heavy atom. The topological polar surface area (TPSA) is 51.4 Å². The van der Waals surface area contributed by atoms with Gasteiger partial charge < -0.3 is 15.4 Å². The van der Waals surface area contributed by atoms with Gasteiger partial charge in [-0.15, -0.1) is 0 Å². The van der Waals surface area contributed by atoms with Gasteiger partial charge in [0.05, 0.1) is 24.2 Å². The molecule has 2 atom stereocenters. The number of hydrogen-bond acceptors (Lipinski definition) is 4. The summed E-state index contributed by atoms with van der Waals surface area (Å²) in [5, 5.41) is 0. The molecule has 4 nitrogen and oxygen atoms in total. The molecule has 0 bridgehead atoms. The van der Waals surface area contributed by atoms with Crippen molar-refractivity contribution in [1.29, 1.82) is 0 Å². The fraction of sp³-hybridized carbons (Fsp3) is 0.667. The highest BCUT2D eigenvalue weighted by molar-refractivity contribution is 5.48. The van der Waals surface area contributed by atoms with E-state index in [1.807, 2.05) is 6.20 Å². The molecule has 0 aromatic carbocycles. The van der Waals surface area contributed by atoms with Crippen LogP contribution in [0.25, 0.3) is 0 Å². The van der Waals surface area contributed by atoms with Crippen LogP contribution in [0.3, 0.4) is 0 Å². The van der Waals surface area contributed by atoms with Gasteiger partial charge in [0.15, 0.2) is 0 Å². The zero-order valence-electron chi connectivity index (χ0n) is 12.0. The lowest BCUT2D eigenvalue weighted by Gasteiger charge is -2.32. The van der Waals surface area contributed by atoms with Crippen LogP contribution >= 0.6 is 0 Å². The fourth-order valence-electron chi connectivity index (χ4n) is 2.59. The molecule has 0 amide bonds. The Morgan fingerprint density at radius 2 is 2.37 bits per heavy atom. The lowest BCUT2D eigenvalue weighted by Crippen LogP contribution is -2.42.